The van der Waals surface area contributed by atoms with Gasteiger partial charge in [0.1, 0.15) is 0 Å². The van der Waals surface area contributed by atoms with Crippen molar-refractivity contribution in [3.8, 4) is 0 Å². The lowest BCUT2D eigenvalue weighted by Gasteiger charge is -2.25. The number of carbonyl (C=O) groups excluding carboxylic acids is 1. The van der Waals surface area contributed by atoms with Crippen LogP contribution in [0.5, 0.6) is 0 Å². The molecule has 2 unspecified atom stereocenters. The minimum Gasteiger partial charge on any atom is -0.351 e. The maximum Gasteiger partial charge on any atom is 0.315 e. The number of urea groups is 1. The summed E-state index contributed by atoms with van der Waals surface area (Å²) in [6.45, 7) is 0. The second-order valence-corrected chi connectivity index (χ2v) is 3.91. The third-order valence-corrected chi connectivity index (χ3v) is 3.20. The molecule has 3 nitrogen and oxygen atoms in total. The van der Waals surface area contributed by atoms with Crippen LogP contribution in [0.4, 0.5) is 4.79 Å². The van der Waals surface area contributed by atoms with Gasteiger partial charge in [-0.25, -0.2) is 4.79 Å². The Morgan fingerprint density at radius 1 is 1.08 bits per heavy atom. The number of nitrogens with zero attached hydrogens (tertiary/aromatic N) is 1. The van der Waals surface area contributed by atoms with Crippen molar-refractivity contribution in [2.45, 2.75) is 50.6 Å². The van der Waals surface area contributed by atoms with E-state index >= 15 is 0 Å². The van der Waals surface area contributed by atoms with Gasteiger partial charge >= 0.3 is 6.03 Å². The average molecular weight is 168 g/mol. The van der Waals surface area contributed by atoms with Gasteiger partial charge in [-0.3, -0.25) is 0 Å². The third-order valence-electron chi connectivity index (χ3n) is 3.20. The number of nitrogens with two attached hydrogens (primary N) is 1. The van der Waals surface area contributed by atoms with E-state index in [0.717, 1.165) is 0 Å². The summed E-state index contributed by atoms with van der Waals surface area (Å²) >= 11 is 0. The number of amides is 2. The van der Waals surface area contributed by atoms with Crippen LogP contribution in [0.25, 0.3) is 0 Å². The minimum atomic E-state index is -0.204. The first-order valence-corrected chi connectivity index (χ1v) is 4.87. The third kappa shape index (κ3) is 1.17. The van der Waals surface area contributed by atoms with Crippen LogP contribution in [-0.2, 0) is 0 Å². The average Bonchev–Trinajstić information content (AvgIpc) is 2.24. The summed E-state index contributed by atoms with van der Waals surface area (Å²) in [6.07, 6.45) is 7.22. The van der Waals surface area contributed by atoms with Crippen LogP contribution >= 0.6 is 0 Å². The highest BCUT2D eigenvalue weighted by atomic mass is 16.2. The molecule has 2 fully saturated rings. The molecule has 2 saturated heterocycles. The van der Waals surface area contributed by atoms with E-state index in [0.29, 0.717) is 12.1 Å². The Kier molecular flexibility index (Phi) is 1.95. The second kappa shape index (κ2) is 2.96. The molecular weight excluding hydrogens is 152 g/mol. The fourth-order valence-corrected chi connectivity index (χ4v) is 2.65. The topological polar surface area (TPSA) is 46.3 Å². The smallest absolute Gasteiger partial charge is 0.315 e. The van der Waals surface area contributed by atoms with E-state index < -0.39 is 0 Å². The predicted octanol–water partition coefficient (Wildman–Crippen LogP) is 1.47. The molecule has 0 spiro atoms. The van der Waals surface area contributed by atoms with Crippen LogP contribution in [0, 0.1) is 0 Å². The molecule has 0 aromatic heterocycles. The Hall–Kier alpha value is -0.730. The van der Waals surface area contributed by atoms with Gasteiger partial charge in [0.25, 0.3) is 0 Å². The van der Waals surface area contributed by atoms with Crippen LogP contribution in [-0.4, -0.2) is 23.0 Å². The molecule has 2 amide bonds. The van der Waals surface area contributed by atoms with Gasteiger partial charge in [-0.05, 0) is 25.7 Å². The lowest BCUT2D eigenvalue weighted by molar-refractivity contribution is 0.183. The highest BCUT2D eigenvalue weighted by molar-refractivity contribution is 5.73. The normalized spacial score (nSPS) is 34.8. The highest BCUT2D eigenvalue weighted by Crippen LogP contribution is 2.33. The summed E-state index contributed by atoms with van der Waals surface area (Å²) in [4.78, 5) is 13.0. The Morgan fingerprint density at radius 3 is 2.00 bits per heavy atom. The first-order valence-electron chi connectivity index (χ1n) is 4.87. The molecule has 2 bridgehead atoms. The molecule has 0 aliphatic carbocycles. The number of carbonyl (C=O) groups is 1. The van der Waals surface area contributed by atoms with Crippen molar-refractivity contribution in [3.05, 3.63) is 0 Å². The van der Waals surface area contributed by atoms with Crippen LogP contribution < -0.4 is 5.73 Å². The Labute approximate surface area is 72.9 Å². The monoisotopic (exact) mass is 168 g/mol. The standard InChI is InChI=1S/C9H16N2O/c10-9(12)11-7-3-1-2-4-8(11)6-5-7/h7-8H,1-6H2,(H2,10,12). The van der Waals surface area contributed by atoms with Crippen molar-refractivity contribution in [1.82, 2.24) is 4.90 Å². The maximum absolute atomic E-state index is 11.1. The zero-order chi connectivity index (χ0) is 8.55. The fraction of sp³-hybridized carbons (Fsp3) is 0.889. The summed E-state index contributed by atoms with van der Waals surface area (Å²) in [7, 11) is 0. The van der Waals surface area contributed by atoms with E-state index in [1.165, 1.54) is 38.5 Å². The zero-order valence-electron chi connectivity index (χ0n) is 7.33. The Bertz CT molecular complexity index is 179. The van der Waals surface area contributed by atoms with E-state index in [4.69, 9.17) is 5.73 Å². The molecule has 0 aromatic carbocycles. The molecule has 3 heteroatoms. The number of rotatable bonds is 0. The zero-order valence-corrected chi connectivity index (χ0v) is 7.33. The van der Waals surface area contributed by atoms with E-state index in [1.54, 1.807) is 0 Å². The molecule has 2 N–H and O–H groups in total. The van der Waals surface area contributed by atoms with Gasteiger partial charge in [0, 0.05) is 12.1 Å². The molecule has 0 radical (unpaired) electrons. The first kappa shape index (κ1) is 7.90. The van der Waals surface area contributed by atoms with E-state index in [2.05, 4.69) is 0 Å². The number of primary amides is 1. The van der Waals surface area contributed by atoms with E-state index in [-0.39, 0.29) is 6.03 Å². The van der Waals surface area contributed by atoms with Gasteiger partial charge in [0.15, 0.2) is 0 Å². The fourth-order valence-electron chi connectivity index (χ4n) is 2.65. The summed E-state index contributed by atoms with van der Waals surface area (Å²) in [5, 5.41) is 0. The van der Waals surface area contributed by atoms with Crippen molar-refractivity contribution < 1.29 is 4.79 Å². The van der Waals surface area contributed by atoms with Crippen LogP contribution in [0.1, 0.15) is 38.5 Å². The lowest BCUT2D eigenvalue weighted by atomic mass is 10.0. The predicted molar refractivity (Wildman–Crippen MR) is 46.7 cm³/mol. The van der Waals surface area contributed by atoms with E-state index in [1.807, 2.05) is 4.90 Å². The van der Waals surface area contributed by atoms with Gasteiger partial charge in [-0.15, -0.1) is 0 Å². The molecule has 2 aliphatic rings. The van der Waals surface area contributed by atoms with Crippen molar-refractivity contribution in [1.29, 1.82) is 0 Å². The van der Waals surface area contributed by atoms with Crippen molar-refractivity contribution in [2.75, 3.05) is 0 Å². The Morgan fingerprint density at radius 2 is 1.58 bits per heavy atom. The van der Waals surface area contributed by atoms with Crippen LogP contribution in [0.2, 0.25) is 0 Å². The second-order valence-electron chi connectivity index (χ2n) is 3.91. The van der Waals surface area contributed by atoms with Gasteiger partial charge in [0.2, 0.25) is 0 Å². The summed E-state index contributed by atoms with van der Waals surface area (Å²) in [5.41, 5.74) is 5.34. The number of hydrogen-bond acceptors (Lipinski definition) is 1. The summed E-state index contributed by atoms with van der Waals surface area (Å²) < 4.78 is 0. The molecule has 68 valence electrons. The van der Waals surface area contributed by atoms with Gasteiger partial charge < -0.3 is 10.6 Å². The molecule has 12 heavy (non-hydrogen) atoms. The molecule has 2 rings (SSSR count). The quantitative estimate of drug-likeness (QED) is 0.585. The maximum atomic E-state index is 11.1. The molecule has 2 aliphatic heterocycles. The molecular formula is C9H16N2O. The first-order chi connectivity index (χ1) is 5.79. The van der Waals surface area contributed by atoms with Crippen molar-refractivity contribution >= 4 is 6.03 Å². The Balaban J connectivity index is 2.14. The number of fused-ring (bicyclic) bond motifs is 2. The van der Waals surface area contributed by atoms with Gasteiger partial charge in [-0.2, -0.15) is 0 Å². The van der Waals surface area contributed by atoms with Crippen LogP contribution in [0.15, 0.2) is 0 Å². The van der Waals surface area contributed by atoms with Crippen molar-refractivity contribution in [2.24, 2.45) is 5.73 Å². The minimum absolute atomic E-state index is 0.204. The molecule has 2 heterocycles. The largest absolute Gasteiger partial charge is 0.351 e. The van der Waals surface area contributed by atoms with E-state index in [9.17, 15) is 4.79 Å². The molecule has 0 saturated carbocycles. The molecule has 0 aromatic rings. The summed E-state index contributed by atoms with van der Waals surface area (Å²) in [5.74, 6) is 0. The highest BCUT2D eigenvalue weighted by Gasteiger charge is 2.36. The van der Waals surface area contributed by atoms with Gasteiger partial charge in [0.05, 0.1) is 0 Å². The summed E-state index contributed by atoms with van der Waals surface area (Å²) in [6, 6.07) is 0.731. The lowest BCUT2D eigenvalue weighted by Crippen LogP contribution is -2.43. The SMILES string of the molecule is NC(=O)N1C2CCCCC1CC2. The van der Waals surface area contributed by atoms with Crippen LogP contribution in [0.3, 0.4) is 0 Å². The van der Waals surface area contributed by atoms with Crippen molar-refractivity contribution in [3.63, 3.8) is 0 Å². The number of hydrogen-bond donors (Lipinski definition) is 1. The van der Waals surface area contributed by atoms with Gasteiger partial charge in [-0.1, -0.05) is 12.8 Å². The molecule has 2 atom stereocenters.